The van der Waals surface area contributed by atoms with Crippen LogP contribution in [0.3, 0.4) is 0 Å². The lowest BCUT2D eigenvalue weighted by Crippen LogP contribution is -2.24. The molecule has 0 spiro atoms. The van der Waals surface area contributed by atoms with E-state index in [0.29, 0.717) is 0 Å². The van der Waals surface area contributed by atoms with E-state index in [1.165, 1.54) is 19.0 Å². The van der Waals surface area contributed by atoms with Crippen LogP contribution in [0.2, 0.25) is 0 Å². The summed E-state index contributed by atoms with van der Waals surface area (Å²) in [5.74, 6) is -2.53. The van der Waals surface area contributed by atoms with Gasteiger partial charge in [0.1, 0.15) is 0 Å². The number of nitro groups is 1. The number of rotatable bonds is 4. The highest BCUT2D eigenvalue weighted by Gasteiger charge is 2.30. The fourth-order valence-electron chi connectivity index (χ4n) is 0.631. The van der Waals surface area contributed by atoms with Crippen molar-refractivity contribution in [2.24, 2.45) is 0 Å². The molecule has 0 fully saturated rings. The van der Waals surface area contributed by atoms with Gasteiger partial charge in [-0.3, -0.25) is 14.9 Å². The average molecular weight is 202 g/mol. The van der Waals surface area contributed by atoms with E-state index >= 15 is 0 Å². The summed E-state index contributed by atoms with van der Waals surface area (Å²) in [6.07, 6.45) is 0.944. The first-order valence-corrected chi connectivity index (χ1v) is 3.55. The molecule has 0 aromatic carbocycles. The summed E-state index contributed by atoms with van der Waals surface area (Å²) >= 11 is 0. The van der Waals surface area contributed by atoms with Gasteiger partial charge in [0.05, 0.1) is 18.2 Å². The Hall–Kier alpha value is -1.92. The Labute approximate surface area is 80.1 Å². The van der Waals surface area contributed by atoms with Gasteiger partial charge in [-0.1, -0.05) is 0 Å². The Morgan fingerprint density at radius 2 is 1.93 bits per heavy atom. The lowest BCUT2D eigenvalue weighted by atomic mass is 10.3. The molecule has 0 saturated carbocycles. The summed E-state index contributed by atoms with van der Waals surface area (Å²) in [7, 11) is 3.97. The van der Waals surface area contributed by atoms with Gasteiger partial charge in [0.25, 0.3) is 0 Å². The number of esters is 1. The van der Waals surface area contributed by atoms with Crippen molar-refractivity contribution in [3.05, 3.63) is 22.0 Å². The maximum atomic E-state index is 11.0. The van der Waals surface area contributed by atoms with E-state index in [9.17, 15) is 19.7 Å². The molecule has 0 heterocycles. The minimum absolute atomic E-state index is 0.818. The van der Waals surface area contributed by atoms with E-state index in [1.54, 1.807) is 0 Å². The topological polar surface area (TPSA) is 89.8 Å². The highest BCUT2D eigenvalue weighted by molar-refractivity contribution is 6.39. The zero-order valence-corrected chi connectivity index (χ0v) is 8.01. The van der Waals surface area contributed by atoms with Gasteiger partial charge >= 0.3 is 17.4 Å². The van der Waals surface area contributed by atoms with Gasteiger partial charge in [0.2, 0.25) is 0 Å². The van der Waals surface area contributed by atoms with Crippen LogP contribution in [0.4, 0.5) is 0 Å². The number of carbonyl (C=O) groups excluding carboxylic acids is 2. The second-order valence-electron chi connectivity index (χ2n) is 2.56. The molecule has 0 N–H and O–H groups in total. The molecule has 0 aromatic rings. The average Bonchev–Trinajstić information content (AvgIpc) is 2.11. The number of methoxy groups -OCH3 is 1. The molecule has 0 bridgehead atoms. The number of carbonyl (C=O) groups is 2. The quantitative estimate of drug-likeness (QED) is 0.199. The van der Waals surface area contributed by atoms with Gasteiger partial charge in [-0.15, -0.1) is 0 Å². The van der Waals surface area contributed by atoms with E-state index in [1.807, 2.05) is 0 Å². The summed E-state index contributed by atoms with van der Waals surface area (Å²) in [4.78, 5) is 32.5. The van der Waals surface area contributed by atoms with Crippen molar-refractivity contribution in [3.8, 4) is 0 Å². The van der Waals surface area contributed by atoms with Crippen molar-refractivity contribution in [1.29, 1.82) is 0 Å². The summed E-state index contributed by atoms with van der Waals surface area (Å²) in [5, 5.41) is 10.4. The third kappa shape index (κ3) is 3.21. The molecule has 0 rings (SSSR count). The fraction of sp³-hybridized carbons (Fsp3) is 0.429. The molecular weight excluding hydrogens is 192 g/mol. The van der Waals surface area contributed by atoms with Gasteiger partial charge in [0, 0.05) is 14.1 Å². The van der Waals surface area contributed by atoms with Crippen molar-refractivity contribution < 1.29 is 19.2 Å². The lowest BCUT2D eigenvalue weighted by Gasteiger charge is -2.03. The third-order valence-corrected chi connectivity index (χ3v) is 1.18. The number of hydrogen-bond acceptors (Lipinski definition) is 6. The normalized spacial score (nSPS) is 10.6. The van der Waals surface area contributed by atoms with Crippen LogP contribution in [0, 0.1) is 10.1 Å². The summed E-state index contributed by atoms with van der Waals surface area (Å²) in [6, 6.07) is 0. The van der Waals surface area contributed by atoms with Crippen molar-refractivity contribution in [1.82, 2.24) is 4.90 Å². The zero-order valence-electron chi connectivity index (χ0n) is 8.01. The maximum Gasteiger partial charge on any atom is 0.386 e. The van der Waals surface area contributed by atoms with Gasteiger partial charge in [-0.2, -0.15) is 0 Å². The van der Waals surface area contributed by atoms with Crippen LogP contribution < -0.4 is 0 Å². The van der Waals surface area contributed by atoms with Crippen molar-refractivity contribution in [2.45, 2.75) is 0 Å². The molecule has 78 valence electrons. The predicted molar refractivity (Wildman–Crippen MR) is 45.8 cm³/mol. The summed E-state index contributed by atoms with van der Waals surface area (Å²) < 4.78 is 4.07. The third-order valence-electron chi connectivity index (χ3n) is 1.18. The minimum atomic E-state index is -1.27. The first kappa shape index (κ1) is 12.1. The van der Waals surface area contributed by atoms with Crippen LogP contribution in [0.15, 0.2) is 11.9 Å². The minimum Gasteiger partial charge on any atom is -0.463 e. The molecule has 0 aliphatic rings. The molecule has 0 amide bonds. The van der Waals surface area contributed by atoms with Gasteiger partial charge in [0.15, 0.2) is 0 Å². The van der Waals surface area contributed by atoms with E-state index in [-0.39, 0.29) is 0 Å². The van der Waals surface area contributed by atoms with Gasteiger partial charge < -0.3 is 9.64 Å². The maximum absolute atomic E-state index is 11.0. The second kappa shape index (κ2) is 4.95. The number of hydrogen-bond donors (Lipinski definition) is 0. The fourth-order valence-corrected chi connectivity index (χ4v) is 0.631. The molecule has 0 aromatic heterocycles. The molecule has 0 aliphatic carbocycles. The van der Waals surface area contributed by atoms with Crippen LogP contribution in [-0.2, 0) is 14.3 Å². The van der Waals surface area contributed by atoms with E-state index in [4.69, 9.17) is 0 Å². The molecule has 7 heteroatoms. The molecule has 0 unspecified atom stereocenters. The van der Waals surface area contributed by atoms with Crippen molar-refractivity contribution in [2.75, 3.05) is 21.2 Å². The Morgan fingerprint density at radius 1 is 1.43 bits per heavy atom. The Balaban J connectivity index is 4.95. The molecule has 0 aliphatic heterocycles. The molecular formula is C7H10N2O5. The van der Waals surface area contributed by atoms with Crippen LogP contribution in [0.25, 0.3) is 0 Å². The molecule has 7 nitrogen and oxygen atoms in total. The monoisotopic (exact) mass is 202 g/mol. The van der Waals surface area contributed by atoms with Crippen molar-refractivity contribution in [3.63, 3.8) is 0 Å². The van der Waals surface area contributed by atoms with Crippen LogP contribution in [0.1, 0.15) is 0 Å². The molecule has 14 heavy (non-hydrogen) atoms. The summed E-state index contributed by atoms with van der Waals surface area (Å²) in [6.45, 7) is 0. The highest BCUT2D eigenvalue weighted by Crippen LogP contribution is 2.00. The number of nitrogens with zero attached hydrogens (tertiary/aromatic N) is 2. The largest absolute Gasteiger partial charge is 0.463 e. The van der Waals surface area contributed by atoms with Crippen LogP contribution in [0.5, 0.6) is 0 Å². The van der Waals surface area contributed by atoms with Crippen LogP contribution in [-0.4, -0.2) is 42.8 Å². The standard InChI is InChI=1S/C7H10N2O5/c1-8(2)4-5(9(12)13)6(10)7(11)14-3/h4H,1-3H3/b5-4+. The van der Waals surface area contributed by atoms with E-state index in [0.717, 1.165) is 13.3 Å². The predicted octanol–water partition coefficient (Wildman–Crippen LogP) is -0.592. The highest BCUT2D eigenvalue weighted by atomic mass is 16.6. The Morgan fingerprint density at radius 3 is 2.21 bits per heavy atom. The number of ether oxygens (including phenoxy) is 1. The smallest absolute Gasteiger partial charge is 0.386 e. The number of Topliss-reactive ketones (excluding diaryl/α,β-unsaturated/α-hetero) is 1. The summed E-state index contributed by atoms with van der Waals surface area (Å²) in [5.41, 5.74) is -0.818. The Bertz CT molecular complexity index is 294. The van der Waals surface area contributed by atoms with Gasteiger partial charge in [-0.05, 0) is 0 Å². The second-order valence-corrected chi connectivity index (χ2v) is 2.56. The molecule has 0 radical (unpaired) electrons. The van der Waals surface area contributed by atoms with Crippen LogP contribution >= 0.6 is 0 Å². The van der Waals surface area contributed by atoms with E-state index < -0.39 is 22.4 Å². The van der Waals surface area contributed by atoms with Crippen molar-refractivity contribution >= 4 is 11.8 Å². The zero-order chi connectivity index (χ0) is 11.3. The Kier molecular flexibility index (Phi) is 4.27. The SMILES string of the molecule is COC(=O)C(=O)/C(=C\N(C)C)[N+](=O)[O-]. The first-order chi connectivity index (χ1) is 6.40. The van der Waals surface area contributed by atoms with E-state index in [2.05, 4.69) is 4.74 Å². The first-order valence-electron chi connectivity index (χ1n) is 3.55. The van der Waals surface area contributed by atoms with Gasteiger partial charge in [-0.25, -0.2) is 4.79 Å². The molecule has 0 saturated heterocycles. The molecule has 0 atom stereocenters. The number of ketones is 1. The lowest BCUT2D eigenvalue weighted by molar-refractivity contribution is -0.419.